The monoisotopic (exact) mass is 539 g/mol. The van der Waals surface area contributed by atoms with E-state index in [1.165, 1.54) is 36.3 Å². The summed E-state index contributed by atoms with van der Waals surface area (Å²) in [6.45, 7) is -3.39. The Morgan fingerprint density at radius 1 is 1.13 bits per heavy atom. The highest BCUT2D eigenvalue weighted by molar-refractivity contribution is 6.03. The van der Waals surface area contributed by atoms with Gasteiger partial charge in [-0.25, -0.2) is 17.6 Å². The molecule has 200 valence electrons. The van der Waals surface area contributed by atoms with Crippen LogP contribution in [-0.2, 0) is 7.05 Å². The number of aryl methyl sites for hydroxylation is 1. The molecule has 1 saturated carbocycles. The van der Waals surface area contributed by atoms with Gasteiger partial charge < -0.3 is 14.8 Å². The van der Waals surface area contributed by atoms with Crippen LogP contribution in [-0.4, -0.2) is 51.6 Å². The van der Waals surface area contributed by atoms with E-state index in [2.05, 4.69) is 25.3 Å². The zero-order chi connectivity index (χ0) is 27.4. The van der Waals surface area contributed by atoms with Gasteiger partial charge in [0.25, 0.3) is 18.3 Å². The summed E-state index contributed by atoms with van der Waals surface area (Å²) in [5.41, 5.74) is 0.406. The van der Waals surface area contributed by atoms with Crippen LogP contribution in [0, 0.1) is 0 Å². The summed E-state index contributed by atoms with van der Waals surface area (Å²) in [5.74, 6) is -5.19. The van der Waals surface area contributed by atoms with Gasteiger partial charge in [0.1, 0.15) is 17.1 Å². The Bertz CT molecular complexity index is 1520. The number of carbonyl (C=O) groups excluding carboxylic acids is 1. The Labute approximate surface area is 210 Å². The van der Waals surface area contributed by atoms with Gasteiger partial charge in [-0.05, 0) is 29.8 Å². The normalized spacial score (nSPS) is 16.3. The van der Waals surface area contributed by atoms with Crippen LogP contribution in [0.15, 0.2) is 36.7 Å². The van der Waals surface area contributed by atoms with Crippen molar-refractivity contribution in [1.82, 2.24) is 25.3 Å². The number of hydrogen-bond acceptors (Lipinski definition) is 5. The second-order valence-electron chi connectivity index (χ2n) is 8.64. The molecule has 1 fully saturated rings. The zero-order valence-corrected chi connectivity index (χ0v) is 19.7. The molecule has 1 aliphatic carbocycles. The number of amides is 1. The summed E-state index contributed by atoms with van der Waals surface area (Å²) in [7, 11) is 2.61. The first-order chi connectivity index (χ1) is 18.0. The SMILES string of the molecule is COc1cc(-c2c3c(C(F)F)cc(-c4cn[nH]c4)cc3nn2C)cc(OC(F)F)c1C(=O)N[C@@H]1CC1(F)F. The van der Waals surface area contributed by atoms with Gasteiger partial charge in [0.2, 0.25) is 0 Å². The first-order valence-electron chi connectivity index (χ1n) is 11.1. The topological polar surface area (TPSA) is 94.1 Å². The minimum Gasteiger partial charge on any atom is -0.496 e. The number of nitrogens with zero attached hydrogens (tertiary/aromatic N) is 3. The number of H-pyrrole nitrogens is 1. The lowest BCUT2D eigenvalue weighted by Crippen LogP contribution is -2.30. The average molecular weight is 539 g/mol. The van der Waals surface area contributed by atoms with E-state index in [9.17, 15) is 31.1 Å². The smallest absolute Gasteiger partial charge is 0.387 e. The highest BCUT2D eigenvalue weighted by atomic mass is 19.3. The fourth-order valence-corrected chi connectivity index (χ4v) is 4.34. The van der Waals surface area contributed by atoms with E-state index in [4.69, 9.17) is 4.74 Å². The van der Waals surface area contributed by atoms with E-state index in [1.807, 2.05) is 0 Å². The second-order valence-corrected chi connectivity index (χ2v) is 8.64. The van der Waals surface area contributed by atoms with Crippen LogP contribution in [0.1, 0.15) is 28.8 Å². The van der Waals surface area contributed by atoms with Gasteiger partial charge in [-0.15, -0.1) is 0 Å². The number of aromatic amines is 1. The molecule has 2 aromatic carbocycles. The van der Waals surface area contributed by atoms with Crippen LogP contribution < -0.4 is 14.8 Å². The van der Waals surface area contributed by atoms with Gasteiger partial charge >= 0.3 is 6.61 Å². The molecule has 0 bridgehead atoms. The van der Waals surface area contributed by atoms with Gasteiger partial charge in [-0.2, -0.15) is 19.0 Å². The minimum absolute atomic E-state index is 0.0367. The second kappa shape index (κ2) is 9.26. The number of halogens is 6. The molecule has 0 spiro atoms. The van der Waals surface area contributed by atoms with E-state index >= 15 is 0 Å². The standard InChI is InChI=1S/C24H19F6N5O3/c1-35-20(18-13(21(25)26)3-10(4-14(18)34-35)12-8-31-32-9-12)11-5-15(37-2)19(16(6-11)38-23(27)28)22(36)33-17-7-24(17,29)30/h3-6,8-9,17,21,23H,7H2,1-2H3,(H,31,32)(H,33,36)/t17-/m1/s1. The highest BCUT2D eigenvalue weighted by Gasteiger charge is 2.58. The number of aromatic nitrogens is 4. The van der Waals surface area contributed by atoms with Crippen LogP contribution in [0.2, 0.25) is 0 Å². The van der Waals surface area contributed by atoms with Crippen LogP contribution in [0.3, 0.4) is 0 Å². The highest BCUT2D eigenvalue weighted by Crippen LogP contribution is 2.44. The predicted molar refractivity (Wildman–Crippen MR) is 123 cm³/mol. The van der Waals surface area contributed by atoms with Gasteiger partial charge in [0.15, 0.2) is 0 Å². The average Bonchev–Trinajstić information content (AvgIpc) is 3.22. The Morgan fingerprint density at radius 3 is 2.42 bits per heavy atom. The number of methoxy groups -OCH3 is 1. The maximum Gasteiger partial charge on any atom is 0.387 e. The number of rotatable bonds is 8. The lowest BCUT2D eigenvalue weighted by atomic mass is 9.97. The summed E-state index contributed by atoms with van der Waals surface area (Å²) >= 11 is 0. The summed E-state index contributed by atoms with van der Waals surface area (Å²) in [5, 5.41) is 12.9. The number of carbonyl (C=O) groups is 1. The van der Waals surface area contributed by atoms with Crippen LogP contribution in [0.4, 0.5) is 26.3 Å². The third-order valence-corrected chi connectivity index (χ3v) is 6.17. The third-order valence-electron chi connectivity index (χ3n) is 6.17. The van der Waals surface area contributed by atoms with Gasteiger partial charge in [-0.1, -0.05) is 0 Å². The number of fused-ring (bicyclic) bond motifs is 1. The molecule has 4 aromatic rings. The molecule has 1 atom stereocenters. The quantitative estimate of drug-likeness (QED) is 0.296. The largest absolute Gasteiger partial charge is 0.496 e. The van der Waals surface area contributed by atoms with Crippen LogP contribution in [0.5, 0.6) is 11.5 Å². The number of benzene rings is 2. The van der Waals surface area contributed by atoms with Crippen molar-refractivity contribution in [3.63, 3.8) is 0 Å². The molecule has 1 aliphatic rings. The van der Waals surface area contributed by atoms with Crippen molar-refractivity contribution >= 4 is 16.8 Å². The van der Waals surface area contributed by atoms with Crippen LogP contribution in [0.25, 0.3) is 33.3 Å². The maximum absolute atomic E-state index is 14.3. The summed E-state index contributed by atoms with van der Waals surface area (Å²) in [4.78, 5) is 12.8. The predicted octanol–water partition coefficient (Wildman–Crippen LogP) is 5.32. The Hall–Kier alpha value is -4.23. The minimum atomic E-state index is -3.39. The molecule has 0 radical (unpaired) electrons. The van der Waals surface area contributed by atoms with Crippen LogP contribution >= 0.6 is 0 Å². The number of hydrogen-bond donors (Lipinski definition) is 2. The number of ether oxygens (including phenoxy) is 2. The summed E-state index contributed by atoms with van der Waals surface area (Å²) in [6.07, 6.45) is -0.542. The Morgan fingerprint density at radius 2 is 1.84 bits per heavy atom. The van der Waals surface area contributed by atoms with E-state index in [0.717, 1.165) is 13.2 Å². The first kappa shape index (κ1) is 25.4. The van der Waals surface area contributed by atoms with Crippen molar-refractivity contribution in [2.24, 2.45) is 7.05 Å². The number of nitrogens with one attached hydrogen (secondary N) is 2. The van der Waals surface area contributed by atoms with Crippen molar-refractivity contribution in [3.05, 3.63) is 47.8 Å². The summed E-state index contributed by atoms with van der Waals surface area (Å²) in [6, 6.07) is 3.66. The molecule has 0 aliphatic heterocycles. The maximum atomic E-state index is 14.3. The molecule has 38 heavy (non-hydrogen) atoms. The molecular formula is C24H19F6N5O3. The summed E-state index contributed by atoms with van der Waals surface area (Å²) < 4.78 is 92.9. The number of alkyl halides is 6. The molecule has 1 amide bonds. The molecule has 2 heterocycles. The first-order valence-corrected chi connectivity index (χ1v) is 11.1. The van der Waals surface area contributed by atoms with E-state index in [1.54, 1.807) is 6.07 Å². The Balaban J connectivity index is 1.69. The van der Waals surface area contributed by atoms with Gasteiger partial charge in [0.05, 0.1) is 30.6 Å². The van der Waals surface area contributed by atoms with E-state index in [0.29, 0.717) is 11.1 Å². The van der Waals surface area contributed by atoms with Crippen molar-refractivity contribution < 1.29 is 40.6 Å². The zero-order valence-electron chi connectivity index (χ0n) is 19.7. The van der Waals surface area contributed by atoms with Crippen molar-refractivity contribution in [3.8, 4) is 33.9 Å². The van der Waals surface area contributed by atoms with Crippen molar-refractivity contribution in [2.45, 2.75) is 31.4 Å². The molecule has 0 unspecified atom stereocenters. The molecule has 5 rings (SSSR count). The molecule has 2 N–H and O–H groups in total. The fourth-order valence-electron chi connectivity index (χ4n) is 4.34. The fraction of sp³-hybridized carbons (Fsp3) is 0.292. The molecule has 8 nitrogen and oxygen atoms in total. The molecule has 0 saturated heterocycles. The van der Waals surface area contributed by atoms with E-state index < -0.39 is 48.6 Å². The van der Waals surface area contributed by atoms with Gasteiger partial charge in [-0.3, -0.25) is 14.6 Å². The lowest BCUT2D eigenvalue weighted by molar-refractivity contribution is -0.0502. The third kappa shape index (κ3) is 4.50. The molecule has 14 heteroatoms. The van der Waals surface area contributed by atoms with Gasteiger partial charge in [0, 0.05) is 41.7 Å². The Kier molecular flexibility index (Phi) is 6.19. The lowest BCUT2D eigenvalue weighted by Gasteiger charge is -2.17. The van der Waals surface area contributed by atoms with Crippen molar-refractivity contribution in [1.29, 1.82) is 0 Å². The van der Waals surface area contributed by atoms with Crippen molar-refractivity contribution in [2.75, 3.05) is 7.11 Å². The molecule has 2 aromatic heterocycles. The molecular weight excluding hydrogens is 520 g/mol. The van der Waals surface area contributed by atoms with E-state index in [-0.39, 0.29) is 33.5 Å².